The highest BCUT2D eigenvalue weighted by atomic mass is 35.5. The molecule has 1 aromatic rings. The fourth-order valence-electron chi connectivity index (χ4n) is 1.85. The third-order valence-corrected chi connectivity index (χ3v) is 3.10. The van der Waals surface area contributed by atoms with E-state index in [1.165, 1.54) is 14.2 Å². The Morgan fingerprint density at radius 3 is 2.45 bits per heavy atom. The van der Waals surface area contributed by atoms with Crippen LogP contribution in [0.4, 0.5) is 5.69 Å². The molecule has 0 aromatic heterocycles. The van der Waals surface area contributed by atoms with Gasteiger partial charge in [-0.2, -0.15) is 0 Å². The van der Waals surface area contributed by atoms with Crippen molar-refractivity contribution in [1.29, 1.82) is 0 Å². The zero-order valence-corrected chi connectivity index (χ0v) is 13.0. The van der Waals surface area contributed by atoms with E-state index in [1.54, 1.807) is 12.1 Å². The molecule has 0 spiro atoms. The summed E-state index contributed by atoms with van der Waals surface area (Å²) in [4.78, 5) is 11.9. The fourth-order valence-corrected chi connectivity index (χ4v) is 2.05. The number of halogens is 1. The van der Waals surface area contributed by atoms with Crippen molar-refractivity contribution in [2.24, 2.45) is 0 Å². The van der Waals surface area contributed by atoms with E-state index in [4.69, 9.17) is 21.1 Å². The molecule has 1 atom stereocenters. The van der Waals surface area contributed by atoms with Gasteiger partial charge in [-0.15, -0.1) is 0 Å². The molecule has 20 heavy (non-hydrogen) atoms. The predicted molar refractivity (Wildman–Crippen MR) is 80.9 cm³/mol. The molecular weight excluding hydrogens is 280 g/mol. The topological polar surface area (TPSA) is 59.6 Å². The maximum absolute atomic E-state index is 11.9. The first-order valence-corrected chi connectivity index (χ1v) is 6.84. The number of carbonyl (C=O) groups is 1. The van der Waals surface area contributed by atoms with E-state index in [2.05, 4.69) is 10.6 Å². The van der Waals surface area contributed by atoms with Crippen LogP contribution in [0.25, 0.3) is 0 Å². The van der Waals surface area contributed by atoms with Crippen LogP contribution in [0.5, 0.6) is 11.5 Å². The quantitative estimate of drug-likeness (QED) is 0.813. The van der Waals surface area contributed by atoms with Crippen LogP contribution in [0.1, 0.15) is 20.3 Å². The minimum absolute atomic E-state index is 0.104. The molecule has 2 N–H and O–H groups in total. The number of nitrogens with one attached hydrogen (secondary N) is 2. The van der Waals surface area contributed by atoms with Gasteiger partial charge in [-0.05, 0) is 13.5 Å². The van der Waals surface area contributed by atoms with E-state index in [0.717, 1.165) is 6.54 Å². The Hall–Kier alpha value is -1.46. The Labute approximate surface area is 124 Å². The monoisotopic (exact) mass is 300 g/mol. The van der Waals surface area contributed by atoms with E-state index < -0.39 is 0 Å². The van der Waals surface area contributed by atoms with Crippen LogP contribution in [0.3, 0.4) is 0 Å². The summed E-state index contributed by atoms with van der Waals surface area (Å²) in [5.41, 5.74) is 0.512. The molecule has 0 saturated heterocycles. The van der Waals surface area contributed by atoms with Crippen LogP contribution in [0.15, 0.2) is 12.1 Å². The second-order valence-electron chi connectivity index (χ2n) is 4.40. The molecule has 0 radical (unpaired) electrons. The highest BCUT2D eigenvalue weighted by Gasteiger charge is 2.13. The molecule has 112 valence electrons. The molecule has 5 nitrogen and oxygen atoms in total. The molecule has 0 bridgehead atoms. The van der Waals surface area contributed by atoms with E-state index >= 15 is 0 Å². The molecule has 1 rings (SSSR count). The summed E-state index contributed by atoms with van der Waals surface area (Å²) < 4.78 is 10.3. The van der Waals surface area contributed by atoms with E-state index in [-0.39, 0.29) is 11.9 Å². The summed E-state index contributed by atoms with van der Waals surface area (Å²) in [6.45, 7) is 4.78. The Morgan fingerprint density at radius 2 is 1.90 bits per heavy atom. The van der Waals surface area contributed by atoms with Crippen LogP contribution >= 0.6 is 11.6 Å². The zero-order valence-electron chi connectivity index (χ0n) is 12.2. The summed E-state index contributed by atoms with van der Waals surface area (Å²) in [5, 5.41) is 6.37. The SMILES string of the molecule is CCNC(C)CC(=O)Nc1cc(OC)c(OC)cc1Cl. The van der Waals surface area contributed by atoms with Crippen molar-refractivity contribution in [1.82, 2.24) is 5.32 Å². The fraction of sp³-hybridized carbons (Fsp3) is 0.500. The summed E-state index contributed by atoms with van der Waals surface area (Å²) in [6, 6.07) is 3.37. The maximum atomic E-state index is 11.9. The number of amides is 1. The molecule has 0 heterocycles. The van der Waals surface area contributed by atoms with Gasteiger partial charge in [0.05, 0.1) is 24.9 Å². The van der Waals surface area contributed by atoms with Crippen LogP contribution in [0, 0.1) is 0 Å². The van der Waals surface area contributed by atoms with Gasteiger partial charge in [-0.3, -0.25) is 4.79 Å². The van der Waals surface area contributed by atoms with Gasteiger partial charge in [0.15, 0.2) is 11.5 Å². The number of carbonyl (C=O) groups excluding carboxylic acids is 1. The molecular formula is C14H21ClN2O3. The molecule has 1 aromatic carbocycles. The Kier molecular flexibility index (Phi) is 6.61. The maximum Gasteiger partial charge on any atom is 0.225 e. The average Bonchev–Trinajstić information content (AvgIpc) is 2.40. The van der Waals surface area contributed by atoms with Gasteiger partial charge in [-0.25, -0.2) is 0 Å². The second-order valence-corrected chi connectivity index (χ2v) is 4.81. The number of ether oxygens (including phenoxy) is 2. The molecule has 0 fully saturated rings. The average molecular weight is 301 g/mol. The van der Waals surface area contributed by atoms with Crippen LogP contribution in [0.2, 0.25) is 5.02 Å². The van der Waals surface area contributed by atoms with Crippen molar-refractivity contribution in [3.8, 4) is 11.5 Å². The van der Waals surface area contributed by atoms with Crippen LogP contribution in [-0.2, 0) is 4.79 Å². The van der Waals surface area contributed by atoms with Crippen LogP contribution < -0.4 is 20.1 Å². The van der Waals surface area contributed by atoms with Crippen molar-refractivity contribution in [2.75, 3.05) is 26.1 Å². The summed E-state index contributed by atoms with van der Waals surface area (Å²) in [6.07, 6.45) is 0.374. The Balaban J connectivity index is 2.79. The third-order valence-electron chi connectivity index (χ3n) is 2.79. The van der Waals surface area contributed by atoms with Gasteiger partial charge in [0.1, 0.15) is 0 Å². The lowest BCUT2D eigenvalue weighted by Crippen LogP contribution is -2.30. The van der Waals surface area contributed by atoms with Crippen molar-refractivity contribution in [3.63, 3.8) is 0 Å². The molecule has 0 aliphatic heterocycles. The molecule has 0 aliphatic rings. The standard InChI is InChI=1S/C14H21ClN2O3/c1-5-16-9(2)6-14(18)17-11-8-13(20-4)12(19-3)7-10(11)15/h7-9,16H,5-6H2,1-4H3,(H,17,18). The second kappa shape index (κ2) is 7.97. The lowest BCUT2D eigenvalue weighted by Gasteiger charge is -2.15. The van der Waals surface area contributed by atoms with Gasteiger partial charge < -0.3 is 20.1 Å². The van der Waals surface area contributed by atoms with Gasteiger partial charge in [0, 0.05) is 24.6 Å². The van der Waals surface area contributed by atoms with Gasteiger partial charge in [0.25, 0.3) is 0 Å². The van der Waals surface area contributed by atoms with E-state index in [0.29, 0.717) is 28.6 Å². The Morgan fingerprint density at radius 1 is 1.30 bits per heavy atom. The summed E-state index contributed by atoms with van der Waals surface area (Å²) in [5.74, 6) is 0.941. The first-order valence-electron chi connectivity index (χ1n) is 6.46. The molecule has 1 unspecified atom stereocenters. The normalized spacial score (nSPS) is 11.8. The van der Waals surface area contributed by atoms with E-state index in [9.17, 15) is 4.79 Å². The number of hydrogen-bond acceptors (Lipinski definition) is 4. The minimum atomic E-state index is -0.104. The first kappa shape index (κ1) is 16.6. The molecule has 1 amide bonds. The lowest BCUT2D eigenvalue weighted by atomic mass is 10.2. The van der Waals surface area contributed by atoms with Crippen molar-refractivity contribution in [2.45, 2.75) is 26.3 Å². The van der Waals surface area contributed by atoms with Crippen molar-refractivity contribution < 1.29 is 14.3 Å². The molecule has 0 aliphatic carbocycles. The van der Waals surface area contributed by atoms with E-state index in [1.807, 2.05) is 13.8 Å². The molecule has 0 saturated carbocycles. The van der Waals surface area contributed by atoms with Gasteiger partial charge >= 0.3 is 0 Å². The highest BCUT2D eigenvalue weighted by Crippen LogP contribution is 2.36. The number of methoxy groups -OCH3 is 2. The lowest BCUT2D eigenvalue weighted by molar-refractivity contribution is -0.116. The number of benzene rings is 1. The zero-order chi connectivity index (χ0) is 15.1. The largest absolute Gasteiger partial charge is 0.493 e. The summed E-state index contributed by atoms with van der Waals surface area (Å²) in [7, 11) is 3.06. The summed E-state index contributed by atoms with van der Waals surface area (Å²) >= 11 is 6.11. The third kappa shape index (κ3) is 4.58. The minimum Gasteiger partial charge on any atom is -0.493 e. The Bertz CT molecular complexity index is 466. The number of rotatable bonds is 7. The predicted octanol–water partition coefficient (Wildman–Crippen LogP) is 2.68. The van der Waals surface area contributed by atoms with Crippen molar-refractivity contribution in [3.05, 3.63) is 17.2 Å². The van der Waals surface area contributed by atoms with Gasteiger partial charge in [0.2, 0.25) is 5.91 Å². The molecule has 6 heteroatoms. The number of hydrogen-bond donors (Lipinski definition) is 2. The van der Waals surface area contributed by atoms with Crippen molar-refractivity contribution >= 4 is 23.2 Å². The van der Waals surface area contributed by atoms with Gasteiger partial charge in [-0.1, -0.05) is 18.5 Å². The smallest absolute Gasteiger partial charge is 0.225 e. The van der Waals surface area contributed by atoms with Crippen LogP contribution in [-0.4, -0.2) is 32.7 Å². The highest BCUT2D eigenvalue weighted by molar-refractivity contribution is 6.34. The first-order chi connectivity index (χ1) is 9.51. The number of anilines is 1.